The van der Waals surface area contributed by atoms with E-state index in [0.29, 0.717) is 16.6 Å². The van der Waals surface area contributed by atoms with E-state index in [2.05, 4.69) is 44.0 Å². The Labute approximate surface area is 185 Å². The maximum absolute atomic E-state index is 12.9. The monoisotopic (exact) mass is 424 g/mol. The molecule has 5 rings (SSSR count). The number of carbonyl (C=O) groups is 1. The number of nitrogens with zero attached hydrogens (tertiary/aromatic N) is 4. The molecule has 2 aromatic heterocycles. The van der Waals surface area contributed by atoms with Gasteiger partial charge >= 0.3 is 6.03 Å². The lowest BCUT2D eigenvalue weighted by Gasteiger charge is -2.16. The molecule has 1 saturated heterocycles. The molecule has 0 unspecified atom stereocenters. The number of pyridine rings is 1. The molecular weight excluding hydrogens is 402 g/mol. The first-order chi connectivity index (χ1) is 15.7. The minimum atomic E-state index is -0.00379. The van der Waals surface area contributed by atoms with Gasteiger partial charge in [0.25, 0.3) is 0 Å². The van der Waals surface area contributed by atoms with E-state index < -0.39 is 0 Å². The zero-order valence-electron chi connectivity index (χ0n) is 17.4. The summed E-state index contributed by atoms with van der Waals surface area (Å²) in [4.78, 5) is 17.1. The number of benzene rings is 2. The van der Waals surface area contributed by atoms with Crippen molar-refractivity contribution < 1.29 is 4.79 Å². The predicted molar refractivity (Wildman–Crippen MR) is 124 cm³/mol. The fraction of sp³-hybridized carbons (Fsp3) is 0.167. The van der Waals surface area contributed by atoms with Gasteiger partial charge in [0.15, 0.2) is 0 Å². The third-order valence-electron chi connectivity index (χ3n) is 5.82. The van der Waals surface area contributed by atoms with Gasteiger partial charge in [-0.05, 0) is 36.2 Å². The van der Waals surface area contributed by atoms with Crippen LogP contribution in [0.5, 0.6) is 0 Å². The van der Waals surface area contributed by atoms with Crippen LogP contribution in [-0.4, -0.2) is 40.8 Å². The van der Waals surface area contributed by atoms with Gasteiger partial charge in [-0.2, -0.15) is 14.8 Å². The van der Waals surface area contributed by atoms with Gasteiger partial charge < -0.3 is 5.32 Å². The second-order valence-corrected chi connectivity index (χ2v) is 7.84. The standard InChI is InChI=1S/C24H21N7O/c25-14-18-15-27-21-16-28-30-23(21)22(18)26-11-10-17-6-8-20(9-7-17)31(12-13-31)24(32)29-19-4-2-1-3-5-19/h1-9,15-16H,10-13H2,(H2-,26,27,28,29,30,32)/p+1. The first-order valence-corrected chi connectivity index (χ1v) is 10.5. The molecule has 1 aliphatic rings. The summed E-state index contributed by atoms with van der Waals surface area (Å²) in [6.07, 6.45) is 3.97. The maximum Gasteiger partial charge on any atom is 0.426 e. The molecule has 1 aliphatic heterocycles. The molecule has 3 heterocycles. The molecule has 0 atom stereocenters. The number of quaternary nitrogens is 1. The molecule has 0 saturated carbocycles. The summed E-state index contributed by atoms with van der Waals surface area (Å²) in [7, 11) is 0. The summed E-state index contributed by atoms with van der Waals surface area (Å²) in [5, 5.41) is 22.7. The zero-order chi connectivity index (χ0) is 22.0. The van der Waals surface area contributed by atoms with Crippen molar-refractivity contribution in [2.45, 2.75) is 6.42 Å². The molecule has 158 valence electrons. The molecule has 3 N–H and O–H groups in total. The lowest BCUT2D eigenvalue weighted by molar-refractivity contribution is 0.242. The van der Waals surface area contributed by atoms with Gasteiger partial charge in [-0.15, -0.1) is 0 Å². The van der Waals surface area contributed by atoms with E-state index in [1.807, 2.05) is 42.5 Å². The van der Waals surface area contributed by atoms with Gasteiger partial charge in [0.1, 0.15) is 35.9 Å². The number of amides is 2. The number of hydrogen-bond acceptors (Lipinski definition) is 5. The maximum atomic E-state index is 12.9. The SMILES string of the molecule is N#Cc1cnc2cn[nH]c2c1NCCc1ccc([N+]2(C(=O)Nc3ccccc3)CC2)cc1. The molecule has 0 spiro atoms. The number of nitrogens with one attached hydrogen (secondary N) is 3. The minimum Gasteiger partial charge on any atom is -0.382 e. The van der Waals surface area contributed by atoms with Crippen LogP contribution in [0.1, 0.15) is 11.1 Å². The van der Waals surface area contributed by atoms with Gasteiger partial charge in [-0.25, -0.2) is 4.79 Å². The molecule has 0 radical (unpaired) electrons. The van der Waals surface area contributed by atoms with Crippen LogP contribution in [0.4, 0.5) is 21.9 Å². The first-order valence-electron chi connectivity index (χ1n) is 10.5. The molecule has 32 heavy (non-hydrogen) atoms. The van der Waals surface area contributed by atoms with Crippen molar-refractivity contribution in [3.05, 3.63) is 78.1 Å². The average Bonchev–Trinajstić information content (AvgIpc) is 3.50. The highest BCUT2D eigenvalue weighted by Gasteiger charge is 2.52. The zero-order valence-corrected chi connectivity index (χ0v) is 17.4. The van der Waals surface area contributed by atoms with Crippen molar-refractivity contribution in [1.29, 1.82) is 5.26 Å². The fourth-order valence-electron chi connectivity index (χ4n) is 3.87. The van der Waals surface area contributed by atoms with Crippen LogP contribution < -0.4 is 15.1 Å². The van der Waals surface area contributed by atoms with E-state index in [1.165, 1.54) is 0 Å². The second-order valence-electron chi connectivity index (χ2n) is 7.84. The minimum absolute atomic E-state index is 0.00379. The van der Waals surface area contributed by atoms with Gasteiger partial charge in [0.05, 0.1) is 17.4 Å². The van der Waals surface area contributed by atoms with Crippen molar-refractivity contribution in [1.82, 2.24) is 19.7 Å². The van der Waals surface area contributed by atoms with Gasteiger partial charge in [0, 0.05) is 18.4 Å². The van der Waals surface area contributed by atoms with Gasteiger partial charge in [0.2, 0.25) is 0 Å². The van der Waals surface area contributed by atoms with Crippen molar-refractivity contribution in [2.24, 2.45) is 0 Å². The van der Waals surface area contributed by atoms with Crippen molar-refractivity contribution in [3.63, 3.8) is 0 Å². The summed E-state index contributed by atoms with van der Waals surface area (Å²) in [6.45, 7) is 2.26. The number of carbonyl (C=O) groups excluding carboxylic acids is 1. The van der Waals surface area contributed by atoms with Crippen LogP contribution in [0.15, 0.2) is 67.0 Å². The number of aromatic nitrogens is 3. The van der Waals surface area contributed by atoms with E-state index in [4.69, 9.17) is 0 Å². The quantitative estimate of drug-likeness (QED) is 0.320. The van der Waals surface area contributed by atoms with E-state index >= 15 is 0 Å². The lowest BCUT2D eigenvalue weighted by atomic mass is 10.1. The molecular formula is C24H22N7O+. The number of urea groups is 1. The Bertz CT molecular complexity index is 1300. The number of anilines is 2. The van der Waals surface area contributed by atoms with E-state index in [-0.39, 0.29) is 6.03 Å². The molecule has 0 aliphatic carbocycles. The number of aromatic amines is 1. The number of para-hydroxylation sites is 1. The molecule has 2 aromatic carbocycles. The van der Waals surface area contributed by atoms with Crippen LogP contribution in [-0.2, 0) is 6.42 Å². The second kappa shape index (κ2) is 8.13. The fourth-order valence-corrected chi connectivity index (χ4v) is 3.87. The lowest BCUT2D eigenvalue weighted by Crippen LogP contribution is -2.38. The predicted octanol–water partition coefficient (Wildman–Crippen LogP) is 4.04. The Kier molecular flexibility index (Phi) is 5.01. The summed E-state index contributed by atoms with van der Waals surface area (Å²) in [5.41, 5.74) is 5.61. The van der Waals surface area contributed by atoms with Gasteiger partial charge in [-0.3, -0.25) is 15.4 Å². The van der Waals surface area contributed by atoms with Crippen LogP contribution in [0.2, 0.25) is 0 Å². The smallest absolute Gasteiger partial charge is 0.382 e. The highest BCUT2D eigenvalue weighted by atomic mass is 16.2. The Morgan fingerprint density at radius 3 is 2.59 bits per heavy atom. The third-order valence-corrected chi connectivity index (χ3v) is 5.82. The molecule has 2 amide bonds. The Hall–Kier alpha value is -4.22. The third kappa shape index (κ3) is 3.66. The molecule has 8 nitrogen and oxygen atoms in total. The van der Waals surface area contributed by atoms with Crippen LogP contribution in [0.25, 0.3) is 11.0 Å². The van der Waals surface area contributed by atoms with Crippen LogP contribution >= 0.6 is 0 Å². The molecule has 0 bridgehead atoms. The normalized spacial score (nSPS) is 14.0. The van der Waals surface area contributed by atoms with Crippen molar-refractivity contribution >= 4 is 34.1 Å². The average molecular weight is 424 g/mol. The van der Waals surface area contributed by atoms with E-state index in [0.717, 1.165) is 53.2 Å². The Morgan fingerprint density at radius 1 is 1.09 bits per heavy atom. The number of rotatable bonds is 6. The summed E-state index contributed by atoms with van der Waals surface area (Å²) in [6, 6.07) is 19.9. The number of hydrogen-bond donors (Lipinski definition) is 3. The highest BCUT2D eigenvalue weighted by Crippen LogP contribution is 2.33. The topological polar surface area (TPSA) is 106 Å². The molecule has 1 fully saturated rings. The largest absolute Gasteiger partial charge is 0.426 e. The Balaban J connectivity index is 1.24. The van der Waals surface area contributed by atoms with Crippen LogP contribution in [0.3, 0.4) is 0 Å². The summed E-state index contributed by atoms with van der Waals surface area (Å²) in [5.74, 6) is 0. The van der Waals surface area contributed by atoms with Crippen molar-refractivity contribution in [2.75, 3.05) is 30.3 Å². The number of H-pyrrole nitrogens is 1. The van der Waals surface area contributed by atoms with Crippen molar-refractivity contribution in [3.8, 4) is 6.07 Å². The molecule has 8 heteroatoms. The first kappa shape index (κ1) is 19.7. The number of nitriles is 1. The number of fused-ring (bicyclic) bond motifs is 1. The molecule has 4 aromatic rings. The van der Waals surface area contributed by atoms with E-state index in [1.54, 1.807) is 12.4 Å². The van der Waals surface area contributed by atoms with Crippen LogP contribution in [0, 0.1) is 11.3 Å². The highest BCUT2D eigenvalue weighted by molar-refractivity contribution is 6.00. The summed E-state index contributed by atoms with van der Waals surface area (Å²) < 4.78 is 0.327. The van der Waals surface area contributed by atoms with E-state index in [9.17, 15) is 10.1 Å². The summed E-state index contributed by atoms with van der Waals surface area (Å²) >= 11 is 0. The van der Waals surface area contributed by atoms with Gasteiger partial charge in [-0.1, -0.05) is 30.3 Å². The Morgan fingerprint density at radius 2 is 1.88 bits per heavy atom.